The zero-order valence-electron chi connectivity index (χ0n) is 15.6. The molecule has 27 heavy (non-hydrogen) atoms. The van der Waals surface area contributed by atoms with Gasteiger partial charge in [-0.1, -0.05) is 0 Å². The molecule has 2 heterocycles. The monoisotopic (exact) mass is 372 g/mol. The van der Waals surface area contributed by atoms with E-state index in [0.717, 1.165) is 11.4 Å². The van der Waals surface area contributed by atoms with E-state index in [2.05, 4.69) is 10.4 Å². The van der Waals surface area contributed by atoms with E-state index in [1.165, 1.54) is 0 Å². The van der Waals surface area contributed by atoms with Crippen LogP contribution in [0.25, 0.3) is 0 Å². The largest absolute Gasteiger partial charge is 0.484 e. The molecule has 3 rings (SSSR count). The molecular weight excluding hydrogens is 348 g/mol. The van der Waals surface area contributed by atoms with E-state index in [-0.39, 0.29) is 25.0 Å². The van der Waals surface area contributed by atoms with E-state index in [4.69, 9.17) is 9.47 Å². The predicted molar refractivity (Wildman–Crippen MR) is 99.7 cm³/mol. The fourth-order valence-corrected chi connectivity index (χ4v) is 2.86. The molecule has 0 saturated carbocycles. The van der Waals surface area contributed by atoms with Crippen LogP contribution < -0.4 is 10.1 Å². The van der Waals surface area contributed by atoms with E-state index in [1.807, 2.05) is 19.9 Å². The molecule has 1 saturated heterocycles. The number of aryl methyl sites for hydroxylation is 2. The lowest BCUT2D eigenvalue weighted by Crippen LogP contribution is -2.42. The second kappa shape index (κ2) is 8.68. The lowest BCUT2D eigenvalue weighted by Gasteiger charge is -2.26. The third-order valence-corrected chi connectivity index (χ3v) is 4.26. The van der Waals surface area contributed by atoms with Gasteiger partial charge in [-0.3, -0.25) is 14.3 Å². The molecule has 1 aromatic carbocycles. The lowest BCUT2D eigenvalue weighted by molar-refractivity contribution is -0.137. The van der Waals surface area contributed by atoms with Gasteiger partial charge in [0, 0.05) is 24.5 Å². The van der Waals surface area contributed by atoms with Gasteiger partial charge in [-0.05, 0) is 44.2 Å². The number of anilines is 1. The van der Waals surface area contributed by atoms with Gasteiger partial charge in [0.25, 0.3) is 5.91 Å². The molecule has 0 aliphatic carbocycles. The van der Waals surface area contributed by atoms with Crippen molar-refractivity contribution in [1.82, 2.24) is 14.7 Å². The van der Waals surface area contributed by atoms with E-state index in [9.17, 15) is 9.59 Å². The Morgan fingerprint density at radius 2 is 1.89 bits per heavy atom. The number of ether oxygens (including phenoxy) is 2. The van der Waals surface area contributed by atoms with Crippen molar-refractivity contribution >= 4 is 17.5 Å². The van der Waals surface area contributed by atoms with Crippen molar-refractivity contribution in [2.45, 2.75) is 20.4 Å². The van der Waals surface area contributed by atoms with Crippen molar-refractivity contribution in [1.29, 1.82) is 0 Å². The molecule has 8 nitrogen and oxygen atoms in total. The summed E-state index contributed by atoms with van der Waals surface area (Å²) in [5.74, 6) is 0.367. The van der Waals surface area contributed by atoms with Crippen LogP contribution in [0.3, 0.4) is 0 Å². The molecule has 1 N–H and O–H groups in total. The maximum Gasteiger partial charge on any atom is 0.260 e. The van der Waals surface area contributed by atoms with Crippen LogP contribution in [0.1, 0.15) is 11.4 Å². The first-order chi connectivity index (χ1) is 13.0. The molecular formula is C19H24N4O4. The summed E-state index contributed by atoms with van der Waals surface area (Å²) in [4.78, 5) is 26.0. The number of amides is 2. The molecule has 0 unspecified atom stereocenters. The number of morpholine rings is 1. The second-order valence-corrected chi connectivity index (χ2v) is 6.44. The third kappa shape index (κ3) is 5.30. The van der Waals surface area contributed by atoms with Gasteiger partial charge in [0.15, 0.2) is 6.61 Å². The maximum atomic E-state index is 12.2. The summed E-state index contributed by atoms with van der Waals surface area (Å²) in [6.07, 6.45) is 0. The molecule has 8 heteroatoms. The van der Waals surface area contributed by atoms with Crippen molar-refractivity contribution < 1.29 is 19.1 Å². The number of nitrogens with zero attached hydrogens (tertiary/aromatic N) is 3. The summed E-state index contributed by atoms with van der Waals surface area (Å²) < 4.78 is 12.4. The summed E-state index contributed by atoms with van der Waals surface area (Å²) in [5.41, 5.74) is 2.48. The van der Waals surface area contributed by atoms with Crippen LogP contribution in [-0.2, 0) is 20.9 Å². The average molecular weight is 372 g/mol. The molecule has 0 bridgehead atoms. The van der Waals surface area contributed by atoms with E-state index in [0.29, 0.717) is 37.7 Å². The summed E-state index contributed by atoms with van der Waals surface area (Å²) in [6, 6.07) is 8.87. The minimum Gasteiger partial charge on any atom is -0.484 e. The first kappa shape index (κ1) is 18.9. The minimum atomic E-state index is -0.155. The number of rotatable bonds is 6. The van der Waals surface area contributed by atoms with Crippen LogP contribution in [-0.4, -0.2) is 59.4 Å². The van der Waals surface area contributed by atoms with Gasteiger partial charge in [-0.15, -0.1) is 0 Å². The maximum absolute atomic E-state index is 12.2. The highest BCUT2D eigenvalue weighted by molar-refractivity contribution is 5.90. The van der Waals surface area contributed by atoms with Gasteiger partial charge in [0.2, 0.25) is 5.91 Å². The Kier molecular flexibility index (Phi) is 6.08. The Labute approximate surface area is 158 Å². The Balaban J connectivity index is 1.47. The van der Waals surface area contributed by atoms with Crippen molar-refractivity contribution in [3.8, 4) is 5.75 Å². The van der Waals surface area contributed by atoms with Crippen LogP contribution in [0.15, 0.2) is 30.3 Å². The van der Waals surface area contributed by atoms with Crippen LogP contribution in [0.5, 0.6) is 5.75 Å². The van der Waals surface area contributed by atoms with Crippen LogP contribution in [0.2, 0.25) is 0 Å². The van der Waals surface area contributed by atoms with Crippen molar-refractivity contribution in [3.05, 3.63) is 41.7 Å². The second-order valence-electron chi connectivity index (χ2n) is 6.44. The van der Waals surface area contributed by atoms with Gasteiger partial charge >= 0.3 is 0 Å². The third-order valence-electron chi connectivity index (χ3n) is 4.26. The summed E-state index contributed by atoms with van der Waals surface area (Å²) in [5, 5.41) is 7.10. The fourth-order valence-electron chi connectivity index (χ4n) is 2.86. The van der Waals surface area contributed by atoms with Gasteiger partial charge in [0.1, 0.15) is 12.3 Å². The molecule has 1 aliphatic heterocycles. The van der Waals surface area contributed by atoms with E-state index >= 15 is 0 Å². The van der Waals surface area contributed by atoms with E-state index in [1.54, 1.807) is 33.8 Å². The highest BCUT2D eigenvalue weighted by Crippen LogP contribution is 2.16. The summed E-state index contributed by atoms with van der Waals surface area (Å²) >= 11 is 0. The normalized spacial score (nSPS) is 14.1. The molecule has 1 fully saturated rings. The number of carbonyl (C=O) groups is 2. The Hall–Kier alpha value is -2.87. The average Bonchev–Trinajstić information content (AvgIpc) is 2.98. The number of nitrogens with one attached hydrogen (secondary N) is 1. The fraction of sp³-hybridized carbons (Fsp3) is 0.421. The smallest absolute Gasteiger partial charge is 0.260 e. The Morgan fingerprint density at radius 1 is 1.19 bits per heavy atom. The van der Waals surface area contributed by atoms with Crippen LogP contribution in [0, 0.1) is 13.8 Å². The number of aromatic nitrogens is 2. The van der Waals surface area contributed by atoms with Crippen molar-refractivity contribution in [3.63, 3.8) is 0 Å². The molecule has 0 spiro atoms. The molecule has 2 amide bonds. The van der Waals surface area contributed by atoms with Gasteiger partial charge < -0.3 is 19.7 Å². The minimum absolute atomic E-state index is 0.0103. The summed E-state index contributed by atoms with van der Waals surface area (Å²) in [6.45, 7) is 6.29. The lowest BCUT2D eigenvalue weighted by atomic mass is 10.3. The van der Waals surface area contributed by atoms with E-state index < -0.39 is 0 Å². The highest BCUT2D eigenvalue weighted by atomic mass is 16.5. The number of hydrogen-bond acceptors (Lipinski definition) is 5. The highest BCUT2D eigenvalue weighted by Gasteiger charge is 2.17. The predicted octanol–water partition coefficient (Wildman–Crippen LogP) is 1.38. The van der Waals surface area contributed by atoms with Crippen molar-refractivity contribution in [2.75, 3.05) is 38.2 Å². The zero-order valence-corrected chi connectivity index (χ0v) is 15.6. The molecule has 0 radical (unpaired) electrons. The van der Waals surface area contributed by atoms with Crippen LogP contribution in [0.4, 0.5) is 5.69 Å². The molecule has 144 valence electrons. The Bertz CT molecular complexity index is 795. The first-order valence-corrected chi connectivity index (χ1v) is 8.90. The molecule has 1 aromatic heterocycles. The zero-order chi connectivity index (χ0) is 19.2. The SMILES string of the molecule is Cc1cc(C)n(CC(=O)Nc2ccc(OCC(=O)N3CCOCC3)cc2)n1. The molecule has 0 atom stereocenters. The standard InChI is InChI=1S/C19H24N4O4/c1-14-11-15(2)23(21-14)12-18(24)20-16-3-5-17(6-4-16)27-13-19(25)22-7-9-26-10-8-22/h3-6,11H,7-10,12-13H2,1-2H3,(H,20,24). The van der Waals surface area contributed by atoms with Gasteiger partial charge in [0.05, 0.1) is 18.9 Å². The Morgan fingerprint density at radius 3 is 2.52 bits per heavy atom. The number of benzene rings is 1. The van der Waals surface area contributed by atoms with Gasteiger partial charge in [-0.2, -0.15) is 5.10 Å². The first-order valence-electron chi connectivity index (χ1n) is 8.90. The van der Waals surface area contributed by atoms with Crippen LogP contribution >= 0.6 is 0 Å². The van der Waals surface area contributed by atoms with Gasteiger partial charge in [-0.25, -0.2) is 0 Å². The summed E-state index contributed by atoms with van der Waals surface area (Å²) in [7, 11) is 0. The molecule has 2 aromatic rings. The quantitative estimate of drug-likeness (QED) is 0.828. The topological polar surface area (TPSA) is 85.7 Å². The number of hydrogen-bond donors (Lipinski definition) is 1. The van der Waals surface area contributed by atoms with Crippen molar-refractivity contribution in [2.24, 2.45) is 0 Å². The molecule has 1 aliphatic rings. The number of carbonyl (C=O) groups excluding carboxylic acids is 2.